The summed E-state index contributed by atoms with van der Waals surface area (Å²) in [6.45, 7) is 8.33. The second-order valence-electron chi connectivity index (χ2n) is 7.16. The normalized spacial score (nSPS) is 13.1. The number of thioether (sulfide) groups is 1. The molecule has 0 unspecified atom stereocenters. The summed E-state index contributed by atoms with van der Waals surface area (Å²) >= 11 is 1.35. The molecule has 0 aliphatic carbocycles. The van der Waals surface area contributed by atoms with Gasteiger partial charge in [0.25, 0.3) is 0 Å². The SMILES string of the molecule is CCc1ccc(-c2nc(S[C@H](C)C(=O)Nc3ccccc3[C@H](C)CC)n[nH]2)cc1. The first-order valence-electron chi connectivity index (χ1n) is 10.1. The van der Waals surface area contributed by atoms with Gasteiger partial charge in [0, 0.05) is 11.3 Å². The van der Waals surface area contributed by atoms with Gasteiger partial charge in [0.15, 0.2) is 5.82 Å². The Bertz CT molecular complexity index is 952. The van der Waals surface area contributed by atoms with Crippen LogP contribution in [-0.2, 0) is 11.2 Å². The number of rotatable bonds is 8. The third-order valence-electron chi connectivity index (χ3n) is 5.11. The number of aromatic amines is 1. The van der Waals surface area contributed by atoms with Crippen molar-refractivity contribution in [1.82, 2.24) is 15.2 Å². The summed E-state index contributed by atoms with van der Waals surface area (Å²) < 4.78 is 0. The molecule has 1 aromatic heterocycles. The van der Waals surface area contributed by atoms with Crippen LogP contribution < -0.4 is 5.32 Å². The first-order chi connectivity index (χ1) is 14.0. The highest BCUT2D eigenvalue weighted by Gasteiger charge is 2.19. The van der Waals surface area contributed by atoms with Crippen LogP contribution in [-0.4, -0.2) is 26.3 Å². The van der Waals surface area contributed by atoms with Gasteiger partial charge in [0.1, 0.15) is 0 Å². The topological polar surface area (TPSA) is 70.7 Å². The predicted molar refractivity (Wildman–Crippen MR) is 120 cm³/mol. The Morgan fingerprint density at radius 3 is 2.52 bits per heavy atom. The number of para-hydroxylation sites is 1. The summed E-state index contributed by atoms with van der Waals surface area (Å²) in [7, 11) is 0. The van der Waals surface area contributed by atoms with Crippen molar-refractivity contribution in [2.45, 2.75) is 56.9 Å². The number of aromatic nitrogens is 3. The number of carbonyl (C=O) groups is 1. The summed E-state index contributed by atoms with van der Waals surface area (Å²) in [6, 6.07) is 16.3. The average molecular weight is 409 g/mol. The van der Waals surface area contributed by atoms with E-state index in [2.05, 4.69) is 59.5 Å². The number of nitrogens with one attached hydrogen (secondary N) is 2. The van der Waals surface area contributed by atoms with Crippen LogP contribution in [0.5, 0.6) is 0 Å². The molecular formula is C23H28N4OS. The number of H-pyrrole nitrogens is 1. The van der Waals surface area contributed by atoms with E-state index < -0.39 is 0 Å². The van der Waals surface area contributed by atoms with Gasteiger partial charge < -0.3 is 5.32 Å². The minimum absolute atomic E-state index is 0.0515. The minimum atomic E-state index is -0.314. The van der Waals surface area contributed by atoms with E-state index in [0.717, 1.165) is 29.7 Å². The molecule has 0 aliphatic rings. The Morgan fingerprint density at radius 2 is 1.83 bits per heavy atom. The molecule has 0 bridgehead atoms. The van der Waals surface area contributed by atoms with Crippen LogP contribution in [0, 0.1) is 0 Å². The maximum Gasteiger partial charge on any atom is 0.237 e. The fourth-order valence-electron chi connectivity index (χ4n) is 3.03. The standard InChI is InChI=1S/C23H28N4OS/c1-5-15(3)19-9-7-8-10-20(19)24-22(28)16(4)29-23-25-21(26-27-23)18-13-11-17(6-2)12-14-18/h7-16H,5-6H2,1-4H3,(H,24,28)(H,25,26,27)/t15-,16-/m1/s1. The highest BCUT2D eigenvalue weighted by molar-refractivity contribution is 8.00. The summed E-state index contributed by atoms with van der Waals surface area (Å²) in [5.74, 6) is 1.05. The van der Waals surface area contributed by atoms with E-state index in [0.29, 0.717) is 16.9 Å². The fraction of sp³-hybridized carbons (Fsp3) is 0.348. The molecule has 0 saturated heterocycles. The Kier molecular flexibility index (Phi) is 7.09. The van der Waals surface area contributed by atoms with Crippen LogP contribution in [0.3, 0.4) is 0 Å². The number of anilines is 1. The summed E-state index contributed by atoms with van der Waals surface area (Å²) in [5.41, 5.74) is 4.31. The Hall–Kier alpha value is -2.60. The molecule has 1 amide bonds. The van der Waals surface area contributed by atoms with Crippen LogP contribution in [0.25, 0.3) is 11.4 Å². The van der Waals surface area contributed by atoms with Crippen molar-refractivity contribution >= 4 is 23.4 Å². The largest absolute Gasteiger partial charge is 0.325 e. The maximum atomic E-state index is 12.7. The van der Waals surface area contributed by atoms with Crippen molar-refractivity contribution in [3.8, 4) is 11.4 Å². The monoisotopic (exact) mass is 408 g/mol. The van der Waals surface area contributed by atoms with Gasteiger partial charge >= 0.3 is 0 Å². The second-order valence-corrected chi connectivity index (χ2v) is 8.47. The summed E-state index contributed by atoms with van der Waals surface area (Å²) in [5, 5.41) is 10.6. The molecule has 6 heteroatoms. The molecule has 1 heterocycles. The van der Waals surface area contributed by atoms with E-state index in [4.69, 9.17) is 0 Å². The lowest BCUT2D eigenvalue weighted by molar-refractivity contribution is -0.115. The molecule has 0 radical (unpaired) electrons. The van der Waals surface area contributed by atoms with E-state index in [-0.39, 0.29) is 11.2 Å². The maximum absolute atomic E-state index is 12.7. The third-order valence-corrected chi connectivity index (χ3v) is 6.07. The summed E-state index contributed by atoms with van der Waals surface area (Å²) in [4.78, 5) is 17.3. The van der Waals surface area contributed by atoms with Crippen molar-refractivity contribution in [3.05, 3.63) is 59.7 Å². The lowest BCUT2D eigenvalue weighted by atomic mass is 9.97. The second kappa shape index (κ2) is 9.74. The van der Waals surface area contributed by atoms with Crippen LogP contribution in [0.2, 0.25) is 0 Å². The van der Waals surface area contributed by atoms with Crippen LogP contribution in [0.4, 0.5) is 5.69 Å². The van der Waals surface area contributed by atoms with Crippen LogP contribution >= 0.6 is 11.8 Å². The number of hydrogen-bond donors (Lipinski definition) is 2. The Morgan fingerprint density at radius 1 is 1.10 bits per heavy atom. The zero-order valence-corrected chi connectivity index (χ0v) is 18.2. The number of nitrogens with zero attached hydrogens (tertiary/aromatic N) is 2. The number of carbonyl (C=O) groups excluding carboxylic acids is 1. The molecule has 0 fully saturated rings. The van der Waals surface area contributed by atoms with Crippen molar-refractivity contribution in [2.24, 2.45) is 0 Å². The Labute approximate surface area is 176 Å². The van der Waals surface area contributed by atoms with E-state index in [1.807, 2.05) is 37.3 Å². The van der Waals surface area contributed by atoms with Crippen molar-refractivity contribution < 1.29 is 4.79 Å². The van der Waals surface area contributed by atoms with Gasteiger partial charge in [0.2, 0.25) is 11.1 Å². The van der Waals surface area contributed by atoms with Gasteiger partial charge in [-0.05, 0) is 42.9 Å². The molecule has 29 heavy (non-hydrogen) atoms. The van der Waals surface area contributed by atoms with Gasteiger partial charge in [-0.2, -0.15) is 0 Å². The molecule has 2 atom stereocenters. The first-order valence-corrected chi connectivity index (χ1v) is 11.0. The molecule has 0 spiro atoms. The lowest BCUT2D eigenvalue weighted by Crippen LogP contribution is -2.23. The van der Waals surface area contributed by atoms with Crippen LogP contribution in [0.15, 0.2) is 53.7 Å². The number of amides is 1. The lowest BCUT2D eigenvalue weighted by Gasteiger charge is -2.17. The van der Waals surface area contributed by atoms with Gasteiger partial charge in [-0.1, -0.05) is 75.0 Å². The predicted octanol–water partition coefficient (Wildman–Crippen LogP) is 5.67. The minimum Gasteiger partial charge on any atom is -0.325 e. The van der Waals surface area contributed by atoms with E-state index in [1.165, 1.54) is 17.3 Å². The molecule has 0 saturated carbocycles. The van der Waals surface area contributed by atoms with Crippen LogP contribution in [0.1, 0.15) is 51.2 Å². The van der Waals surface area contributed by atoms with Gasteiger partial charge in [-0.3, -0.25) is 9.89 Å². The first kappa shape index (κ1) is 21.1. The zero-order chi connectivity index (χ0) is 20.8. The van der Waals surface area contributed by atoms with Crippen molar-refractivity contribution in [3.63, 3.8) is 0 Å². The third kappa shape index (κ3) is 5.26. The zero-order valence-electron chi connectivity index (χ0n) is 17.4. The quantitative estimate of drug-likeness (QED) is 0.471. The van der Waals surface area contributed by atoms with E-state index in [1.54, 1.807) is 0 Å². The average Bonchev–Trinajstić information content (AvgIpc) is 3.22. The number of aryl methyl sites for hydroxylation is 1. The van der Waals surface area contributed by atoms with Crippen molar-refractivity contribution in [2.75, 3.05) is 5.32 Å². The molecule has 152 valence electrons. The summed E-state index contributed by atoms with van der Waals surface area (Å²) in [6.07, 6.45) is 2.03. The van der Waals surface area contributed by atoms with E-state index in [9.17, 15) is 4.79 Å². The highest BCUT2D eigenvalue weighted by atomic mass is 32.2. The molecule has 0 aliphatic heterocycles. The highest BCUT2D eigenvalue weighted by Crippen LogP contribution is 2.28. The molecular weight excluding hydrogens is 380 g/mol. The molecule has 2 N–H and O–H groups in total. The van der Waals surface area contributed by atoms with Gasteiger partial charge in [0.05, 0.1) is 5.25 Å². The van der Waals surface area contributed by atoms with Gasteiger partial charge in [-0.15, -0.1) is 5.10 Å². The van der Waals surface area contributed by atoms with Gasteiger partial charge in [-0.25, -0.2) is 4.98 Å². The Balaban J connectivity index is 1.65. The molecule has 3 rings (SSSR count). The van der Waals surface area contributed by atoms with Crippen molar-refractivity contribution in [1.29, 1.82) is 0 Å². The molecule has 5 nitrogen and oxygen atoms in total. The molecule has 3 aromatic rings. The molecule has 2 aromatic carbocycles. The smallest absolute Gasteiger partial charge is 0.237 e. The number of benzene rings is 2. The number of hydrogen-bond acceptors (Lipinski definition) is 4. The van der Waals surface area contributed by atoms with E-state index >= 15 is 0 Å². The fourth-order valence-corrected chi connectivity index (χ4v) is 3.76.